The number of aryl methyl sites for hydroxylation is 1. The second kappa shape index (κ2) is 7.81. The molecule has 1 aliphatic heterocycles. The van der Waals surface area contributed by atoms with Crippen LogP contribution in [0.4, 0.5) is 17.3 Å². The third-order valence-corrected chi connectivity index (χ3v) is 4.45. The lowest BCUT2D eigenvalue weighted by Crippen LogP contribution is -2.49. The van der Waals surface area contributed by atoms with Gasteiger partial charge in [0.1, 0.15) is 6.54 Å². The number of nitrogens with one attached hydrogen (secondary N) is 1. The topological polar surface area (TPSA) is 115 Å². The number of rotatable bonds is 5. The van der Waals surface area contributed by atoms with Crippen molar-refractivity contribution in [3.05, 3.63) is 51.0 Å². The number of amides is 2. The maximum atomic E-state index is 12.7. The van der Waals surface area contributed by atoms with Gasteiger partial charge in [0.25, 0.3) is 11.7 Å². The van der Waals surface area contributed by atoms with Crippen LogP contribution in [0.5, 0.6) is 5.75 Å². The number of carbonyl (C=O) groups excluding carboxylic acids is 2. The lowest BCUT2D eigenvalue weighted by atomic mass is 10.1. The van der Waals surface area contributed by atoms with Crippen LogP contribution in [0.3, 0.4) is 0 Å². The van der Waals surface area contributed by atoms with Crippen molar-refractivity contribution in [1.82, 2.24) is 4.98 Å². The summed E-state index contributed by atoms with van der Waals surface area (Å²) in [7, 11) is 0. The van der Waals surface area contributed by atoms with E-state index in [-0.39, 0.29) is 18.1 Å². The molecule has 1 aromatic carbocycles. The van der Waals surface area contributed by atoms with Crippen molar-refractivity contribution in [2.75, 3.05) is 16.8 Å². The highest BCUT2D eigenvalue weighted by Crippen LogP contribution is 2.34. The molecule has 1 atom stereocenters. The first-order chi connectivity index (χ1) is 13.3. The Hall–Kier alpha value is -3.20. The molecule has 0 aliphatic carbocycles. The highest BCUT2D eigenvalue weighted by Gasteiger charge is 2.39. The molecule has 10 heteroatoms. The minimum Gasteiger partial charge on any atom is -0.474 e. The normalized spacial score (nSPS) is 15.6. The van der Waals surface area contributed by atoms with Gasteiger partial charge in [0.05, 0.1) is 0 Å². The molecule has 1 unspecified atom stereocenters. The van der Waals surface area contributed by atoms with E-state index in [2.05, 4.69) is 10.3 Å². The Kier molecular flexibility index (Phi) is 5.46. The number of benzene rings is 1. The van der Waals surface area contributed by atoms with Crippen LogP contribution >= 0.6 is 11.6 Å². The molecular weight excluding hydrogens is 388 g/mol. The maximum Gasteiger partial charge on any atom is 0.366 e. The largest absolute Gasteiger partial charge is 0.474 e. The summed E-state index contributed by atoms with van der Waals surface area (Å²) in [6.45, 7) is 3.19. The average molecular weight is 405 g/mol. The van der Waals surface area contributed by atoms with Crippen molar-refractivity contribution in [3.8, 4) is 5.75 Å². The van der Waals surface area contributed by atoms with E-state index in [0.29, 0.717) is 17.1 Å². The lowest BCUT2D eigenvalue weighted by molar-refractivity contribution is -0.389. The van der Waals surface area contributed by atoms with E-state index in [1.165, 1.54) is 12.1 Å². The number of carbonyl (C=O) groups is 2. The Morgan fingerprint density at radius 3 is 2.79 bits per heavy atom. The highest BCUT2D eigenvalue weighted by atomic mass is 35.5. The Balaban J connectivity index is 1.88. The number of fused-ring (bicyclic) bond motifs is 1. The first-order valence-corrected chi connectivity index (χ1v) is 8.87. The van der Waals surface area contributed by atoms with Crippen LogP contribution in [0.1, 0.15) is 18.9 Å². The molecule has 1 N–H and O–H groups in total. The SMILES string of the molecule is CCC1Oc2ccc([N+](=O)[O-])nc2N(CC(=O)Nc2ccc(Cl)cc2C)C1=O. The van der Waals surface area contributed by atoms with Gasteiger partial charge in [-0.15, -0.1) is 0 Å². The molecule has 0 saturated heterocycles. The first kappa shape index (κ1) is 19.6. The van der Waals surface area contributed by atoms with Crippen LogP contribution in [-0.2, 0) is 9.59 Å². The predicted octanol–water partition coefficient (Wildman–Crippen LogP) is 3.09. The molecule has 2 heterocycles. The molecule has 0 bridgehead atoms. The van der Waals surface area contributed by atoms with Gasteiger partial charge in [-0.05, 0) is 53.1 Å². The number of nitro groups is 1. The predicted molar refractivity (Wildman–Crippen MR) is 103 cm³/mol. The molecule has 3 rings (SSSR count). The fourth-order valence-electron chi connectivity index (χ4n) is 2.81. The fourth-order valence-corrected chi connectivity index (χ4v) is 3.03. The molecule has 0 spiro atoms. The monoisotopic (exact) mass is 404 g/mol. The molecule has 2 aromatic rings. The van der Waals surface area contributed by atoms with E-state index in [4.69, 9.17) is 16.3 Å². The van der Waals surface area contributed by atoms with Gasteiger partial charge in [0.2, 0.25) is 5.91 Å². The Morgan fingerprint density at radius 2 is 2.14 bits per heavy atom. The molecule has 0 radical (unpaired) electrons. The van der Waals surface area contributed by atoms with Crippen molar-refractivity contribution < 1.29 is 19.2 Å². The molecule has 1 aliphatic rings. The molecule has 146 valence electrons. The van der Waals surface area contributed by atoms with Crippen molar-refractivity contribution in [3.63, 3.8) is 0 Å². The van der Waals surface area contributed by atoms with Gasteiger partial charge in [-0.3, -0.25) is 14.5 Å². The molecule has 0 fully saturated rings. The van der Waals surface area contributed by atoms with E-state index < -0.39 is 28.7 Å². The van der Waals surface area contributed by atoms with E-state index in [1.807, 2.05) is 0 Å². The summed E-state index contributed by atoms with van der Waals surface area (Å²) in [4.78, 5) is 40.6. The zero-order chi connectivity index (χ0) is 20.4. The second-order valence-corrected chi connectivity index (χ2v) is 6.63. The van der Waals surface area contributed by atoms with Crippen LogP contribution in [0.2, 0.25) is 5.02 Å². The van der Waals surface area contributed by atoms with Gasteiger partial charge in [-0.1, -0.05) is 18.5 Å². The highest BCUT2D eigenvalue weighted by molar-refractivity contribution is 6.30. The van der Waals surface area contributed by atoms with Gasteiger partial charge < -0.3 is 20.2 Å². The standard InChI is InChI=1S/C18H17ClN4O5/c1-3-13-18(25)22(17-14(28-13)6-7-15(21-17)23(26)27)9-16(24)20-12-5-4-11(19)8-10(12)2/h4-8,13H,3,9H2,1-2H3,(H,20,24). The minimum atomic E-state index is -0.791. The van der Waals surface area contributed by atoms with Crippen molar-refractivity contribution >= 4 is 40.7 Å². The van der Waals surface area contributed by atoms with Crippen molar-refractivity contribution in [1.29, 1.82) is 0 Å². The van der Waals surface area contributed by atoms with Gasteiger partial charge >= 0.3 is 5.82 Å². The maximum absolute atomic E-state index is 12.7. The number of anilines is 2. The third kappa shape index (κ3) is 3.89. The van der Waals surface area contributed by atoms with E-state index >= 15 is 0 Å². The number of hydrogen-bond acceptors (Lipinski definition) is 6. The average Bonchev–Trinajstić information content (AvgIpc) is 2.65. The molecule has 9 nitrogen and oxygen atoms in total. The van der Waals surface area contributed by atoms with Crippen LogP contribution in [0.15, 0.2) is 30.3 Å². The van der Waals surface area contributed by atoms with Crippen molar-refractivity contribution in [2.24, 2.45) is 0 Å². The fraction of sp³-hybridized carbons (Fsp3) is 0.278. The van der Waals surface area contributed by atoms with Gasteiger partial charge in [0.15, 0.2) is 11.9 Å². The lowest BCUT2D eigenvalue weighted by Gasteiger charge is -2.30. The first-order valence-electron chi connectivity index (χ1n) is 8.49. The summed E-state index contributed by atoms with van der Waals surface area (Å²) in [6, 6.07) is 7.56. The number of ether oxygens (including phenoxy) is 1. The number of nitrogens with zero attached hydrogens (tertiary/aromatic N) is 3. The Labute approximate surface area is 165 Å². The molecule has 2 amide bonds. The smallest absolute Gasteiger partial charge is 0.366 e. The third-order valence-electron chi connectivity index (χ3n) is 4.21. The van der Waals surface area contributed by atoms with Crippen LogP contribution < -0.4 is 15.0 Å². The number of halogens is 1. The summed E-state index contributed by atoms with van der Waals surface area (Å²) in [5, 5.41) is 14.3. The Morgan fingerprint density at radius 1 is 1.39 bits per heavy atom. The zero-order valence-corrected chi connectivity index (χ0v) is 15.9. The second-order valence-electron chi connectivity index (χ2n) is 6.19. The van der Waals surface area contributed by atoms with Gasteiger partial charge in [-0.25, -0.2) is 0 Å². The summed E-state index contributed by atoms with van der Waals surface area (Å²) in [6.07, 6.45) is -0.412. The van der Waals surface area contributed by atoms with E-state index in [9.17, 15) is 19.7 Å². The number of pyridine rings is 1. The number of aromatic nitrogens is 1. The molecular formula is C18H17ClN4O5. The summed E-state index contributed by atoms with van der Waals surface area (Å²) < 4.78 is 5.57. The number of hydrogen-bond donors (Lipinski definition) is 1. The summed E-state index contributed by atoms with van der Waals surface area (Å²) in [5.74, 6) is -1.23. The summed E-state index contributed by atoms with van der Waals surface area (Å²) in [5.41, 5.74) is 1.31. The van der Waals surface area contributed by atoms with E-state index in [0.717, 1.165) is 10.5 Å². The van der Waals surface area contributed by atoms with Crippen molar-refractivity contribution in [2.45, 2.75) is 26.4 Å². The Bertz CT molecular complexity index is 965. The molecule has 1 aromatic heterocycles. The minimum absolute atomic E-state index is 0.0492. The zero-order valence-electron chi connectivity index (χ0n) is 15.1. The van der Waals surface area contributed by atoms with E-state index in [1.54, 1.807) is 32.0 Å². The molecule has 28 heavy (non-hydrogen) atoms. The summed E-state index contributed by atoms with van der Waals surface area (Å²) >= 11 is 5.91. The van der Waals surface area contributed by atoms with Crippen LogP contribution in [-0.4, -0.2) is 34.4 Å². The van der Waals surface area contributed by atoms with Gasteiger partial charge in [0, 0.05) is 16.8 Å². The van der Waals surface area contributed by atoms with Gasteiger partial charge in [-0.2, -0.15) is 0 Å². The van der Waals surface area contributed by atoms with Crippen LogP contribution in [0, 0.1) is 17.0 Å². The van der Waals surface area contributed by atoms with Crippen LogP contribution in [0.25, 0.3) is 0 Å². The quantitative estimate of drug-likeness (QED) is 0.604. The molecule has 0 saturated carbocycles.